The van der Waals surface area contributed by atoms with Crippen LogP contribution in [0.3, 0.4) is 0 Å². The number of aromatic nitrogens is 6. The van der Waals surface area contributed by atoms with Gasteiger partial charge >= 0.3 is 0 Å². The van der Waals surface area contributed by atoms with Crippen LogP contribution in [0.5, 0.6) is 0 Å². The van der Waals surface area contributed by atoms with Crippen molar-refractivity contribution in [1.82, 2.24) is 29.7 Å². The van der Waals surface area contributed by atoms with E-state index in [0.717, 1.165) is 5.69 Å². The van der Waals surface area contributed by atoms with E-state index in [1.165, 1.54) is 6.33 Å². The number of hydrogen-bond acceptors (Lipinski definition) is 4. The fourth-order valence-corrected chi connectivity index (χ4v) is 1.81. The summed E-state index contributed by atoms with van der Waals surface area (Å²) in [5.41, 5.74) is 2.14. The summed E-state index contributed by atoms with van der Waals surface area (Å²) in [4.78, 5) is 15.2. The van der Waals surface area contributed by atoms with E-state index in [-0.39, 0.29) is 0 Å². The van der Waals surface area contributed by atoms with Gasteiger partial charge in [-0.2, -0.15) is 5.10 Å². The minimum Gasteiger partial charge on any atom is -0.340 e. The summed E-state index contributed by atoms with van der Waals surface area (Å²) in [5.74, 6) is 0.598. The summed E-state index contributed by atoms with van der Waals surface area (Å²) < 4.78 is 1.55. The number of nitrogens with zero attached hydrogens (tertiary/aromatic N) is 5. The van der Waals surface area contributed by atoms with E-state index < -0.39 is 0 Å². The number of aryl methyl sites for hydroxylation is 1. The van der Waals surface area contributed by atoms with Crippen LogP contribution in [0.4, 0.5) is 0 Å². The van der Waals surface area contributed by atoms with Gasteiger partial charge in [0.25, 0.3) is 0 Å². The number of nitrogens with one attached hydrogen (secondary N) is 1. The Morgan fingerprint density at radius 1 is 1.31 bits per heavy atom. The topological polar surface area (TPSA) is 72.3 Å². The van der Waals surface area contributed by atoms with E-state index in [0.29, 0.717) is 22.1 Å². The minimum absolute atomic E-state index is 0.507. The minimum atomic E-state index is 0.507. The SMILES string of the molecule is Cc1cc(Cl)n(-c2ncnc3nc[nH]c23)n1. The van der Waals surface area contributed by atoms with E-state index in [9.17, 15) is 0 Å². The first-order valence-corrected chi connectivity index (χ1v) is 5.00. The van der Waals surface area contributed by atoms with Gasteiger partial charge in [-0.15, -0.1) is 0 Å². The fourth-order valence-electron chi connectivity index (χ4n) is 1.53. The molecule has 0 saturated heterocycles. The summed E-state index contributed by atoms with van der Waals surface area (Å²) in [6, 6.07) is 1.77. The van der Waals surface area contributed by atoms with Crippen molar-refractivity contribution in [1.29, 1.82) is 0 Å². The Kier molecular flexibility index (Phi) is 1.90. The highest BCUT2D eigenvalue weighted by Crippen LogP contribution is 2.19. The first-order chi connectivity index (χ1) is 7.75. The molecule has 0 radical (unpaired) electrons. The van der Waals surface area contributed by atoms with Crippen LogP contribution in [0, 0.1) is 6.92 Å². The molecule has 0 aromatic carbocycles. The maximum absolute atomic E-state index is 6.05. The van der Waals surface area contributed by atoms with Gasteiger partial charge in [-0.3, -0.25) is 0 Å². The number of aromatic amines is 1. The summed E-state index contributed by atoms with van der Waals surface area (Å²) in [6.07, 6.45) is 3.00. The van der Waals surface area contributed by atoms with Crippen LogP contribution in [0.1, 0.15) is 5.69 Å². The van der Waals surface area contributed by atoms with E-state index >= 15 is 0 Å². The molecular weight excluding hydrogens is 228 g/mol. The smallest absolute Gasteiger partial charge is 0.184 e. The van der Waals surface area contributed by atoms with Gasteiger partial charge in [0.05, 0.1) is 12.0 Å². The Bertz CT molecular complexity index is 655. The van der Waals surface area contributed by atoms with E-state index in [1.54, 1.807) is 17.1 Å². The lowest BCUT2D eigenvalue weighted by molar-refractivity contribution is 0.835. The average Bonchev–Trinajstić information content (AvgIpc) is 2.84. The molecule has 1 N–H and O–H groups in total. The Balaban J connectivity index is 2.33. The molecule has 0 amide bonds. The summed E-state index contributed by atoms with van der Waals surface area (Å²) >= 11 is 6.05. The first-order valence-electron chi connectivity index (χ1n) is 4.62. The summed E-state index contributed by atoms with van der Waals surface area (Å²) in [5, 5.41) is 4.76. The molecule has 3 aromatic heterocycles. The van der Waals surface area contributed by atoms with Crippen molar-refractivity contribution < 1.29 is 0 Å². The molecule has 0 saturated carbocycles. The lowest BCUT2D eigenvalue weighted by Gasteiger charge is -2.01. The predicted molar refractivity (Wildman–Crippen MR) is 58.6 cm³/mol. The molecule has 0 spiro atoms. The number of H-pyrrole nitrogens is 1. The number of hydrogen-bond donors (Lipinski definition) is 1. The van der Waals surface area contributed by atoms with Crippen LogP contribution < -0.4 is 0 Å². The second-order valence-electron chi connectivity index (χ2n) is 3.32. The molecule has 3 heterocycles. The van der Waals surface area contributed by atoms with Gasteiger partial charge in [-0.05, 0) is 13.0 Å². The molecule has 3 rings (SSSR count). The molecule has 0 aliphatic carbocycles. The molecular formula is C9H7ClN6. The van der Waals surface area contributed by atoms with Crippen molar-refractivity contribution >= 4 is 22.8 Å². The van der Waals surface area contributed by atoms with E-state index in [2.05, 4.69) is 25.0 Å². The second kappa shape index (κ2) is 3.28. The van der Waals surface area contributed by atoms with Crippen molar-refractivity contribution in [3.63, 3.8) is 0 Å². The second-order valence-corrected chi connectivity index (χ2v) is 3.71. The van der Waals surface area contributed by atoms with Gasteiger partial charge < -0.3 is 4.98 Å². The number of halogens is 1. The molecule has 7 heteroatoms. The standard InChI is InChI=1S/C9H7ClN6/c1-5-2-6(10)16(15-5)9-7-8(12-3-11-7)13-4-14-9/h2-4H,1H3,(H,11,12,13,14). The molecule has 0 unspecified atom stereocenters. The highest BCUT2D eigenvalue weighted by molar-refractivity contribution is 6.29. The van der Waals surface area contributed by atoms with Crippen molar-refractivity contribution in [3.8, 4) is 5.82 Å². The molecule has 0 atom stereocenters. The third-order valence-corrected chi connectivity index (χ3v) is 2.46. The molecule has 3 aromatic rings. The zero-order valence-corrected chi connectivity index (χ0v) is 9.10. The van der Waals surface area contributed by atoms with Gasteiger partial charge in [-0.1, -0.05) is 11.6 Å². The van der Waals surface area contributed by atoms with E-state index in [4.69, 9.17) is 11.6 Å². The molecule has 0 aliphatic rings. The lowest BCUT2D eigenvalue weighted by atomic mass is 10.5. The lowest BCUT2D eigenvalue weighted by Crippen LogP contribution is -2.01. The van der Waals surface area contributed by atoms with Crippen molar-refractivity contribution in [3.05, 3.63) is 29.6 Å². The molecule has 80 valence electrons. The van der Waals surface area contributed by atoms with Crippen LogP contribution in [0.25, 0.3) is 17.0 Å². The Morgan fingerprint density at radius 3 is 2.94 bits per heavy atom. The van der Waals surface area contributed by atoms with Crippen LogP contribution >= 0.6 is 11.6 Å². The zero-order chi connectivity index (χ0) is 11.1. The molecule has 6 nitrogen and oxygen atoms in total. The Labute approximate surface area is 95.3 Å². The van der Waals surface area contributed by atoms with Crippen molar-refractivity contribution in [2.45, 2.75) is 6.92 Å². The highest BCUT2D eigenvalue weighted by Gasteiger charge is 2.12. The summed E-state index contributed by atoms with van der Waals surface area (Å²) in [6.45, 7) is 1.87. The highest BCUT2D eigenvalue weighted by atomic mass is 35.5. The van der Waals surface area contributed by atoms with Crippen LogP contribution in [0.15, 0.2) is 18.7 Å². The average molecular weight is 235 g/mol. The van der Waals surface area contributed by atoms with Crippen LogP contribution in [0.2, 0.25) is 5.15 Å². The third-order valence-electron chi connectivity index (χ3n) is 2.19. The predicted octanol–water partition coefficient (Wildman–Crippen LogP) is 1.50. The van der Waals surface area contributed by atoms with Gasteiger partial charge in [0.2, 0.25) is 0 Å². The normalized spacial score (nSPS) is 11.1. The van der Waals surface area contributed by atoms with Gasteiger partial charge in [0.1, 0.15) is 17.0 Å². The van der Waals surface area contributed by atoms with Crippen LogP contribution in [-0.2, 0) is 0 Å². The van der Waals surface area contributed by atoms with Crippen molar-refractivity contribution in [2.75, 3.05) is 0 Å². The summed E-state index contributed by atoms with van der Waals surface area (Å²) in [7, 11) is 0. The fraction of sp³-hybridized carbons (Fsp3) is 0.111. The number of fused-ring (bicyclic) bond motifs is 1. The Hall–Kier alpha value is -1.95. The maximum Gasteiger partial charge on any atom is 0.184 e. The largest absolute Gasteiger partial charge is 0.340 e. The molecule has 0 bridgehead atoms. The van der Waals surface area contributed by atoms with Crippen molar-refractivity contribution in [2.24, 2.45) is 0 Å². The third kappa shape index (κ3) is 1.27. The first kappa shape index (κ1) is 9.29. The number of rotatable bonds is 1. The molecule has 0 aliphatic heterocycles. The van der Waals surface area contributed by atoms with Gasteiger partial charge in [0, 0.05) is 0 Å². The number of imidazole rings is 1. The quantitative estimate of drug-likeness (QED) is 0.693. The Morgan fingerprint density at radius 2 is 2.19 bits per heavy atom. The van der Waals surface area contributed by atoms with E-state index in [1.807, 2.05) is 6.92 Å². The monoisotopic (exact) mass is 234 g/mol. The van der Waals surface area contributed by atoms with Crippen LogP contribution in [-0.4, -0.2) is 29.7 Å². The van der Waals surface area contributed by atoms with Gasteiger partial charge in [-0.25, -0.2) is 19.6 Å². The maximum atomic E-state index is 6.05. The molecule has 16 heavy (non-hydrogen) atoms. The molecule has 0 fully saturated rings. The zero-order valence-electron chi connectivity index (χ0n) is 8.35. The van der Waals surface area contributed by atoms with Gasteiger partial charge in [0.15, 0.2) is 11.5 Å².